The molecule has 0 unspecified atom stereocenters. The molecule has 96 valence electrons. The third-order valence-corrected chi connectivity index (χ3v) is 1.90. The highest BCUT2D eigenvalue weighted by Crippen LogP contribution is 2.08. The summed E-state index contributed by atoms with van der Waals surface area (Å²) >= 11 is 0. The molecule has 1 aromatic carbocycles. The molecule has 1 rings (SSSR count). The zero-order chi connectivity index (χ0) is 13.1. The normalized spacial score (nSPS) is 8.94. The van der Waals surface area contributed by atoms with Gasteiger partial charge in [-0.3, -0.25) is 0 Å². The Kier molecular flexibility index (Phi) is 8.78. The van der Waals surface area contributed by atoms with Crippen LogP contribution in [0.25, 0.3) is 0 Å². The molecule has 4 heteroatoms. The molecule has 0 spiro atoms. The first-order chi connectivity index (χ1) is 8.24. The number of carbonyl (C=O) groups excluding carboxylic acids is 1. The van der Waals surface area contributed by atoms with Crippen molar-refractivity contribution in [3.05, 3.63) is 35.4 Å². The first kappa shape index (κ1) is 15.4. The maximum Gasteiger partial charge on any atom is 0.510 e. The van der Waals surface area contributed by atoms with Gasteiger partial charge in [0.15, 0.2) is 6.79 Å². The Labute approximate surface area is 102 Å². The molecule has 4 nitrogen and oxygen atoms in total. The van der Waals surface area contributed by atoms with Crippen LogP contribution >= 0.6 is 0 Å². The summed E-state index contributed by atoms with van der Waals surface area (Å²) in [4.78, 5) is 11.0. The van der Waals surface area contributed by atoms with Gasteiger partial charge in [-0.25, -0.2) is 4.79 Å². The van der Waals surface area contributed by atoms with E-state index >= 15 is 0 Å². The number of ether oxygens (including phenoxy) is 3. The SMILES string of the molecule is CC.COCOC(=O)OCc1ccccc1C. The Bertz CT molecular complexity index is 323. The summed E-state index contributed by atoms with van der Waals surface area (Å²) in [6.07, 6.45) is -0.722. The molecule has 17 heavy (non-hydrogen) atoms. The van der Waals surface area contributed by atoms with Crippen LogP contribution in [0.1, 0.15) is 25.0 Å². The molecule has 0 amide bonds. The lowest BCUT2D eigenvalue weighted by molar-refractivity contribution is -0.0286. The van der Waals surface area contributed by atoms with Gasteiger partial charge >= 0.3 is 6.16 Å². The van der Waals surface area contributed by atoms with Crippen LogP contribution in [0, 0.1) is 6.92 Å². The molecule has 0 saturated carbocycles. The van der Waals surface area contributed by atoms with Gasteiger partial charge in [-0.2, -0.15) is 0 Å². The Morgan fingerprint density at radius 3 is 2.41 bits per heavy atom. The Hall–Kier alpha value is -1.55. The summed E-state index contributed by atoms with van der Waals surface area (Å²) < 4.78 is 14.0. The van der Waals surface area contributed by atoms with Gasteiger partial charge in [0.1, 0.15) is 6.61 Å². The molecule has 0 aliphatic rings. The first-order valence-electron chi connectivity index (χ1n) is 5.57. The van der Waals surface area contributed by atoms with Crippen LogP contribution in [0.15, 0.2) is 24.3 Å². The van der Waals surface area contributed by atoms with Crippen LogP contribution in [0.3, 0.4) is 0 Å². The summed E-state index contributed by atoms with van der Waals surface area (Å²) in [6, 6.07) is 7.69. The van der Waals surface area contributed by atoms with Crippen molar-refractivity contribution in [1.29, 1.82) is 0 Å². The second kappa shape index (κ2) is 9.66. The Balaban J connectivity index is 0.00000121. The van der Waals surface area contributed by atoms with E-state index in [2.05, 4.69) is 9.47 Å². The molecule has 0 bridgehead atoms. The number of benzene rings is 1. The van der Waals surface area contributed by atoms with Crippen molar-refractivity contribution in [2.45, 2.75) is 27.4 Å². The quantitative estimate of drug-likeness (QED) is 0.598. The highest BCUT2D eigenvalue weighted by atomic mass is 16.8. The van der Waals surface area contributed by atoms with Gasteiger partial charge in [0, 0.05) is 7.11 Å². The van der Waals surface area contributed by atoms with Crippen LogP contribution in [0.4, 0.5) is 4.79 Å². The van der Waals surface area contributed by atoms with Crippen LogP contribution in [-0.2, 0) is 20.8 Å². The summed E-state index contributed by atoms with van der Waals surface area (Å²) in [6.45, 7) is 6.08. The Morgan fingerprint density at radius 2 is 1.82 bits per heavy atom. The van der Waals surface area contributed by atoms with Crippen molar-refractivity contribution < 1.29 is 19.0 Å². The van der Waals surface area contributed by atoms with Gasteiger partial charge in [0.2, 0.25) is 0 Å². The van der Waals surface area contributed by atoms with Gasteiger partial charge in [0.25, 0.3) is 0 Å². The largest absolute Gasteiger partial charge is 0.510 e. The van der Waals surface area contributed by atoms with E-state index in [1.165, 1.54) is 7.11 Å². The third-order valence-electron chi connectivity index (χ3n) is 1.90. The molecular formula is C13H20O4. The molecule has 0 atom stereocenters. The topological polar surface area (TPSA) is 44.8 Å². The zero-order valence-electron chi connectivity index (χ0n) is 10.9. The second-order valence-corrected chi connectivity index (χ2v) is 3.02. The first-order valence-corrected chi connectivity index (χ1v) is 5.57. The predicted octanol–water partition coefficient (Wildman–Crippen LogP) is 3.28. The molecule has 0 fully saturated rings. The van der Waals surface area contributed by atoms with Gasteiger partial charge in [-0.05, 0) is 18.1 Å². The zero-order valence-corrected chi connectivity index (χ0v) is 10.9. The van der Waals surface area contributed by atoms with E-state index in [4.69, 9.17) is 4.74 Å². The highest BCUT2D eigenvalue weighted by Gasteiger charge is 2.04. The third kappa shape index (κ3) is 6.58. The molecule has 0 N–H and O–H groups in total. The fourth-order valence-electron chi connectivity index (χ4n) is 1.06. The molecular weight excluding hydrogens is 220 g/mol. The van der Waals surface area contributed by atoms with Gasteiger partial charge < -0.3 is 14.2 Å². The number of methoxy groups -OCH3 is 1. The fourth-order valence-corrected chi connectivity index (χ4v) is 1.06. The number of hydrogen-bond acceptors (Lipinski definition) is 4. The second-order valence-electron chi connectivity index (χ2n) is 3.02. The summed E-state index contributed by atoms with van der Waals surface area (Å²) in [7, 11) is 1.44. The molecule has 0 radical (unpaired) electrons. The van der Waals surface area contributed by atoms with Crippen molar-refractivity contribution in [2.24, 2.45) is 0 Å². The lowest BCUT2D eigenvalue weighted by atomic mass is 10.1. The van der Waals surface area contributed by atoms with Gasteiger partial charge in [-0.1, -0.05) is 38.1 Å². The molecule has 1 aromatic rings. The lowest BCUT2D eigenvalue weighted by Gasteiger charge is -2.07. The van der Waals surface area contributed by atoms with E-state index < -0.39 is 6.16 Å². The lowest BCUT2D eigenvalue weighted by Crippen LogP contribution is -2.09. The van der Waals surface area contributed by atoms with Crippen molar-refractivity contribution in [3.8, 4) is 0 Å². The van der Waals surface area contributed by atoms with Gasteiger partial charge in [0.05, 0.1) is 0 Å². The minimum absolute atomic E-state index is 0.0907. The van der Waals surface area contributed by atoms with E-state index in [0.717, 1.165) is 11.1 Å². The van der Waals surface area contributed by atoms with E-state index in [-0.39, 0.29) is 13.4 Å². The van der Waals surface area contributed by atoms with E-state index in [1.54, 1.807) is 0 Å². The molecule has 0 heterocycles. The minimum atomic E-state index is -0.722. The van der Waals surface area contributed by atoms with E-state index in [0.29, 0.717) is 0 Å². The maximum atomic E-state index is 11.0. The van der Waals surface area contributed by atoms with E-state index in [1.807, 2.05) is 45.0 Å². The van der Waals surface area contributed by atoms with Crippen LogP contribution in [0.2, 0.25) is 0 Å². The number of carbonyl (C=O) groups is 1. The molecule has 0 aliphatic carbocycles. The Morgan fingerprint density at radius 1 is 1.18 bits per heavy atom. The number of rotatable bonds is 4. The molecule has 0 aromatic heterocycles. The monoisotopic (exact) mass is 240 g/mol. The van der Waals surface area contributed by atoms with Gasteiger partial charge in [-0.15, -0.1) is 0 Å². The minimum Gasteiger partial charge on any atom is -0.429 e. The van der Waals surface area contributed by atoms with Crippen molar-refractivity contribution in [3.63, 3.8) is 0 Å². The van der Waals surface area contributed by atoms with Crippen LogP contribution < -0.4 is 0 Å². The average Bonchev–Trinajstić information content (AvgIpc) is 2.38. The number of hydrogen-bond donors (Lipinski definition) is 0. The van der Waals surface area contributed by atoms with Crippen molar-refractivity contribution in [2.75, 3.05) is 13.9 Å². The molecule has 0 saturated heterocycles. The fraction of sp³-hybridized carbons (Fsp3) is 0.462. The summed E-state index contributed by atoms with van der Waals surface area (Å²) in [5, 5.41) is 0. The average molecular weight is 240 g/mol. The maximum absolute atomic E-state index is 11.0. The number of aryl methyl sites for hydroxylation is 1. The smallest absolute Gasteiger partial charge is 0.429 e. The standard InChI is InChI=1S/C11H14O4.C2H6/c1-9-5-3-4-6-10(9)7-14-11(12)15-8-13-2;1-2/h3-6H,7-8H2,1-2H3;1-2H3. The van der Waals surface area contributed by atoms with Crippen molar-refractivity contribution in [1.82, 2.24) is 0 Å². The predicted molar refractivity (Wildman–Crippen MR) is 65.7 cm³/mol. The van der Waals surface area contributed by atoms with E-state index in [9.17, 15) is 4.79 Å². The summed E-state index contributed by atoms with van der Waals surface area (Å²) in [5.41, 5.74) is 2.05. The highest BCUT2D eigenvalue weighted by molar-refractivity contribution is 5.59. The van der Waals surface area contributed by atoms with Crippen molar-refractivity contribution >= 4 is 6.16 Å². The van der Waals surface area contributed by atoms with Crippen LogP contribution in [-0.4, -0.2) is 20.1 Å². The molecule has 0 aliphatic heterocycles. The van der Waals surface area contributed by atoms with Crippen LogP contribution in [0.5, 0.6) is 0 Å². The summed E-state index contributed by atoms with van der Waals surface area (Å²) in [5.74, 6) is 0.